The number of carbonyl (C=O) groups is 1. The number of aromatic nitrogens is 4. The minimum atomic E-state index is -1.91. The molecule has 36 heavy (non-hydrogen) atoms. The van der Waals surface area contributed by atoms with Crippen molar-refractivity contribution >= 4 is 16.9 Å². The van der Waals surface area contributed by atoms with Crippen molar-refractivity contribution in [3.8, 4) is 28.6 Å². The van der Waals surface area contributed by atoms with E-state index in [4.69, 9.17) is 10.5 Å². The molecule has 1 unspecified atom stereocenters. The molecule has 0 aliphatic rings. The minimum absolute atomic E-state index is 0.0639. The number of phenolic OH excluding ortho intramolecular Hbond substituents is 2. The van der Waals surface area contributed by atoms with Gasteiger partial charge >= 0.3 is 11.7 Å². The third-order valence-corrected chi connectivity index (χ3v) is 6.66. The van der Waals surface area contributed by atoms with E-state index in [0.717, 1.165) is 15.6 Å². The Morgan fingerprint density at radius 2 is 1.78 bits per heavy atom. The predicted molar refractivity (Wildman–Crippen MR) is 136 cm³/mol. The lowest BCUT2D eigenvalue weighted by atomic mass is 9.97. The number of hydrogen-bond donors (Lipinski definition) is 3. The number of fused-ring (bicyclic) bond motifs is 1. The number of rotatable bonds is 6. The fourth-order valence-electron chi connectivity index (χ4n) is 4.39. The number of benzene rings is 2. The molecule has 10 nitrogen and oxygen atoms in total. The summed E-state index contributed by atoms with van der Waals surface area (Å²) in [4.78, 5) is 26.7. The second-order valence-electron chi connectivity index (χ2n) is 9.58. The monoisotopic (exact) mass is 493 g/mol. The lowest BCUT2D eigenvalue weighted by molar-refractivity contribution is -0.154. The molecule has 0 spiro atoms. The zero-order valence-electron chi connectivity index (χ0n) is 21.2. The molecule has 1 atom stereocenters. The van der Waals surface area contributed by atoms with Crippen LogP contribution in [0.25, 0.3) is 28.0 Å². The highest BCUT2D eigenvalue weighted by Gasteiger charge is 2.45. The van der Waals surface area contributed by atoms with E-state index in [2.05, 4.69) is 5.10 Å². The van der Waals surface area contributed by atoms with Gasteiger partial charge in [-0.25, -0.2) is 14.2 Å². The minimum Gasteiger partial charge on any atom is -0.508 e. The summed E-state index contributed by atoms with van der Waals surface area (Å²) >= 11 is 0. The highest BCUT2D eigenvalue weighted by atomic mass is 16.5. The van der Waals surface area contributed by atoms with Gasteiger partial charge in [0.2, 0.25) is 5.66 Å². The molecule has 2 heterocycles. The summed E-state index contributed by atoms with van der Waals surface area (Å²) in [5.41, 5.74) is 6.10. The van der Waals surface area contributed by atoms with Gasteiger partial charge in [0.15, 0.2) is 5.82 Å². The first kappa shape index (κ1) is 25.1. The number of esters is 1. The third-order valence-electron chi connectivity index (χ3n) is 6.66. The van der Waals surface area contributed by atoms with E-state index in [-0.39, 0.29) is 28.8 Å². The summed E-state index contributed by atoms with van der Waals surface area (Å²) in [7, 11) is 3.11. The fourth-order valence-corrected chi connectivity index (χ4v) is 4.39. The first-order valence-corrected chi connectivity index (χ1v) is 11.6. The number of carbonyl (C=O) groups excluding carboxylic acids is 1. The van der Waals surface area contributed by atoms with Crippen molar-refractivity contribution in [2.45, 2.75) is 39.3 Å². The van der Waals surface area contributed by atoms with Gasteiger partial charge in [0, 0.05) is 36.1 Å². The van der Waals surface area contributed by atoms with Crippen LogP contribution < -0.4 is 11.4 Å². The summed E-state index contributed by atoms with van der Waals surface area (Å²) in [6.07, 6.45) is 1.91. The van der Waals surface area contributed by atoms with Gasteiger partial charge in [-0.05, 0) is 41.8 Å². The van der Waals surface area contributed by atoms with Crippen LogP contribution in [0.2, 0.25) is 0 Å². The van der Waals surface area contributed by atoms with Crippen LogP contribution in [0.5, 0.6) is 11.5 Å². The van der Waals surface area contributed by atoms with Crippen LogP contribution in [-0.4, -0.2) is 42.2 Å². The number of hydrogen-bond acceptors (Lipinski definition) is 7. The topological polar surface area (TPSA) is 138 Å². The zero-order chi connectivity index (χ0) is 26.5. The standard InChI is InChI=1S/C26H31N5O5/c1-14(2)18-12-19(22(33)13-21(18)32)23-28-31(26(27,15(3)4)24(34)36-6)25(35)30(23)17-7-8-20-16(11-17)9-10-29(20)5/h7-15,32-33H,27H2,1-6H3. The second-order valence-corrected chi connectivity index (χ2v) is 9.58. The molecule has 2 aromatic heterocycles. The summed E-state index contributed by atoms with van der Waals surface area (Å²) < 4.78 is 9.10. The van der Waals surface area contributed by atoms with E-state index in [1.807, 2.05) is 49.9 Å². The van der Waals surface area contributed by atoms with Crippen molar-refractivity contribution in [3.05, 3.63) is 58.6 Å². The van der Waals surface area contributed by atoms with E-state index in [1.54, 1.807) is 26.0 Å². The predicted octanol–water partition coefficient (Wildman–Crippen LogP) is 3.17. The van der Waals surface area contributed by atoms with Crippen LogP contribution in [0.3, 0.4) is 0 Å². The number of nitrogens with two attached hydrogens (primary N) is 1. The van der Waals surface area contributed by atoms with E-state index in [0.29, 0.717) is 11.3 Å². The van der Waals surface area contributed by atoms with Gasteiger partial charge in [0.25, 0.3) is 0 Å². The Morgan fingerprint density at radius 1 is 1.08 bits per heavy atom. The Morgan fingerprint density at radius 3 is 2.39 bits per heavy atom. The van der Waals surface area contributed by atoms with E-state index < -0.39 is 23.2 Å². The molecule has 190 valence electrons. The lowest BCUT2D eigenvalue weighted by Crippen LogP contribution is -2.59. The van der Waals surface area contributed by atoms with Crippen LogP contribution in [0, 0.1) is 5.92 Å². The molecule has 0 saturated carbocycles. The molecule has 0 radical (unpaired) electrons. The molecular weight excluding hydrogens is 462 g/mol. The summed E-state index contributed by atoms with van der Waals surface area (Å²) in [6, 6.07) is 10.2. The first-order valence-electron chi connectivity index (χ1n) is 11.6. The number of nitrogens with zero attached hydrogens (tertiary/aromatic N) is 4. The third kappa shape index (κ3) is 3.74. The van der Waals surface area contributed by atoms with Gasteiger partial charge in [-0.15, -0.1) is 5.10 Å². The molecule has 4 rings (SSSR count). The maximum absolute atomic E-state index is 13.9. The van der Waals surface area contributed by atoms with Gasteiger partial charge in [0.1, 0.15) is 11.5 Å². The first-order chi connectivity index (χ1) is 16.9. The van der Waals surface area contributed by atoms with Crippen LogP contribution in [0.4, 0.5) is 0 Å². The van der Waals surface area contributed by atoms with Crippen LogP contribution >= 0.6 is 0 Å². The number of aromatic hydroxyl groups is 2. The molecule has 0 fully saturated rings. The summed E-state index contributed by atoms with van der Waals surface area (Å²) in [5.74, 6) is -1.75. The van der Waals surface area contributed by atoms with Crippen molar-refractivity contribution in [1.29, 1.82) is 0 Å². The molecule has 4 N–H and O–H groups in total. The molecule has 4 aromatic rings. The van der Waals surface area contributed by atoms with Crippen molar-refractivity contribution in [2.24, 2.45) is 18.7 Å². The molecule has 0 aliphatic carbocycles. The largest absolute Gasteiger partial charge is 0.508 e. The van der Waals surface area contributed by atoms with Gasteiger partial charge in [-0.1, -0.05) is 27.7 Å². The Kier molecular flexibility index (Phi) is 6.17. The van der Waals surface area contributed by atoms with Crippen molar-refractivity contribution in [2.75, 3.05) is 7.11 Å². The van der Waals surface area contributed by atoms with Crippen molar-refractivity contribution in [3.63, 3.8) is 0 Å². The number of ether oxygens (including phenoxy) is 1. The van der Waals surface area contributed by atoms with E-state index in [9.17, 15) is 19.8 Å². The highest BCUT2D eigenvalue weighted by molar-refractivity contribution is 5.83. The van der Waals surface area contributed by atoms with E-state index in [1.165, 1.54) is 17.7 Å². The Hall–Kier alpha value is -4.05. The molecular formula is C26H31N5O5. The molecule has 0 saturated heterocycles. The Balaban J connectivity index is 2.10. The van der Waals surface area contributed by atoms with Crippen molar-refractivity contribution in [1.82, 2.24) is 18.9 Å². The number of methoxy groups -OCH3 is 1. The van der Waals surface area contributed by atoms with Crippen LogP contribution in [0.1, 0.15) is 39.2 Å². The zero-order valence-corrected chi connectivity index (χ0v) is 21.2. The van der Waals surface area contributed by atoms with Gasteiger partial charge in [0.05, 0.1) is 18.4 Å². The maximum Gasteiger partial charge on any atom is 0.353 e. The number of aryl methyl sites for hydroxylation is 1. The SMILES string of the molecule is COC(=O)C(N)(C(C)C)n1nc(-c2cc(C(C)C)c(O)cc2O)n(-c2ccc3c(ccn3C)c2)c1=O. The quantitative estimate of drug-likeness (QED) is 0.351. The van der Waals surface area contributed by atoms with Crippen LogP contribution in [-0.2, 0) is 22.2 Å². The summed E-state index contributed by atoms with van der Waals surface area (Å²) in [5, 5.41) is 26.6. The number of phenols is 2. The van der Waals surface area contributed by atoms with E-state index >= 15 is 0 Å². The molecule has 2 aromatic carbocycles. The molecule has 0 amide bonds. The molecule has 10 heteroatoms. The lowest BCUT2D eigenvalue weighted by Gasteiger charge is -2.29. The van der Waals surface area contributed by atoms with Gasteiger partial charge in [-0.2, -0.15) is 4.68 Å². The van der Waals surface area contributed by atoms with Gasteiger partial charge in [-0.3, -0.25) is 5.73 Å². The Labute approximate surface area is 208 Å². The smallest absolute Gasteiger partial charge is 0.353 e. The fraction of sp³-hybridized carbons (Fsp3) is 0.346. The van der Waals surface area contributed by atoms with Gasteiger partial charge < -0.3 is 19.5 Å². The molecule has 0 aliphatic heterocycles. The average molecular weight is 494 g/mol. The summed E-state index contributed by atoms with van der Waals surface area (Å²) in [6.45, 7) is 7.16. The molecule has 0 bridgehead atoms. The Bertz CT molecular complexity index is 1530. The maximum atomic E-state index is 13.9. The van der Waals surface area contributed by atoms with Crippen molar-refractivity contribution < 1.29 is 19.7 Å². The average Bonchev–Trinajstić information content (AvgIpc) is 3.37. The highest BCUT2D eigenvalue weighted by Crippen LogP contribution is 2.38. The second kappa shape index (κ2) is 8.87. The normalized spacial score (nSPS) is 13.5. The van der Waals surface area contributed by atoms with Crippen LogP contribution in [0.15, 0.2) is 47.4 Å².